The maximum Gasteiger partial charge on any atom is 0.278 e. The fourth-order valence-corrected chi connectivity index (χ4v) is 3.50. The smallest absolute Gasteiger partial charge is 0.278 e. The number of hydrogen-bond acceptors (Lipinski definition) is 5. The molecule has 148 valence electrons. The first-order valence-corrected chi connectivity index (χ1v) is 9.59. The van der Waals surface area contributed by atoms with Crippen molar-refractivity contribution in [2.75, 3.05) is 11.9 Å². The minimum Gasteiger partial charge on any atom is -0.310 e. The zero-order valence-electron chi connectivity index (χ0n) is 16.6. The molecule has 0 radical (unpaired) electrons. The number of fused-ring (bicyclic) bond motifs is 2. The molecule has 0 saturated carbocycles. The average Bonchev–Trinajstić information content (AvgIpc) is 3.26. The van der Waals surface area contributed by atoms with Crippen LogP contribution in [0, 0.1) is 11.3 Å². The number of rotatable bonds is 3. The number of nitriles is 1. The Balaban J connectivity index is 1.53. The molecule has 2 aromatic carbocycles. The molecule has 0 saturated heterocycles. The summed E-state index contributed by atoms with van der Waals surface area (Å²) >= 11 is 0. The predicted molar refractivity (Wildman–Crippen MR) is 118 cm³/mol. The van der Waals surface area contributed by atoms with Crippen LogP contribution in [0.15, 0.2) is 79.5 Å². The Morgan fingerprint density at radius 1 is 1.00 bits per heavy atom. The van der Waals surface area contributed by atoms with E-state index in [9.17, 15) is 4.79 Å². The molecule has 3 heterocycles. The lowest BCUT2D eigenvalue weighted by Gasteiger charge is -2.17. The van der Waals surface area contributed by atoms with E-state index in [1.807, 2.05) is 28.8 Å². The molecule has 0 bridgehead atoms. The average molecular weight is 404 g/mol. The molecule has 0 aliphatic heterocycles. The van der Waals surface area contributed by atoms with Gasteiger partial charge in [0.05, 0.1) is 29.7 Å². The summed E-state index contributed by atoms with van der Waals surface area (Å²) in [5.41, 5.74) is 4.02. The van der Waals surface area contributed by atoms with E-state index in [2.05, 4.69) is 27.1 Å². The zero-order valence-corrected chi connectivity index (χ0v) is 16.6. The Bertz CT molecular complexity index is 1480. The molecular weight excluding hydrogens is 388 g/mol. The van der Waals surface area contributed by atoms with E-state index < -0.39 is 0 Å². The van der Waals surface area contributed by atoms with Crippen LogP contribution in [-0.2, 0) is 0 Å². The summed E-state index contributed by atoms with van der Waals surface area (Å²) in [7, 11) is 1.68. The molecule has 0 fully saturated rings. The highest BCUT2D eigenvalue weighted by atomic mass is 16.2. The topological polar surface area (TPSA) is 87.2 Å². The van der Waals surface area contributed by atoms with Crippen molar-refractivity contribution in [1.82, 2.24) is 19.4 Å². The minimum atomic E-state index is -0.254. The Morgan fingerprint density at radius 2 is 1.84 bits per heavy atom. The molecule has 0 N–H and O–H groups in total. The largest absolute Gasteiger partial charge is 0.310 e. The Kier molecular flexibility index (Phi) is 4.38. The van der Waals surface area contributed by atoms with Gasteiger partial charge in [-0.15, -0.1) is 0 Å². The highest BCUT2D eigenvalue weighted by Gasteiger charge is 2.17. The zero-order chi connectivity index (χ0) is 21.4. The number of pyridine rings is 1. The first-order valence-electron chi connectivity index (χ1n) is 9.59. The summed E-state index contributed by atoms with van der Waals surface area (Å²) in [4.78, 5) is 27.4. The van der Waals surface area contributed by atoms with Crippen LogP contribution in [0.4, 0.5) is 5.69 Å². The van der Waals surface area contributed by atoms with E-state index in [-0.39, 0.29) is 5.91 Å². The van der Waals surface area contributed by atoms with Crippen LogP contribution in [0.1, 0.15) is 16.1 Å². The van der Waals surface area contributed by atoms with Gasteiger partial charge in [-0.2, -0.15) is 5.26 Å². The second-order valence-corrected chi connectivity index (χ2v) is 7.10. The quantitative estimate of drug-likeness (QED) is 0.452. The normalized spacial score (nSPS) is 10.8. The monoisotopic (exact) mass is 404 g/mol. The van der Waals surface area contributed by atoms with Crippen LogP contribution in [-0.4, -0.2) is 32.3 Å². The SMILES string of the molecule is CN(C(=O)c1cn2c(-c3ccc4cnccc4c3)cnc2cn1)c1ccc(C#N)cc1. The van der Waals surface area contributed by atoms with E-state index >= 15 is 0 Å². The van der Waals surface area contributed by atoms with Gasteiger partial charge < -0.3 is 4.90 Å². The van der Waals surface area contributed by atoms with Crippen LogP contribution < -0.4 is 4.90 Å². The fourth-order valence-electron chi connectivity index (χ4n) is 3.50. The second kappa shape index (κ2) is 7.35. The summed E-state index contributed by atoms with van der Waals surface area (Å²) in [6.07, 6.45) is 8.66. The number of imidazole rings is 1. The van der Waals surface area contributed by atoms with E-state index in [1.165, 1.54) is 4.90 Å². The number of aromatic nitrogens is 4. The molecule has 7 nitrogen and oxygen atoms in total. The Hall–Kier alpha value is -4.57. The van der Waals surface area contributed by atoms with Crippen molar-refractivity contribution in [3.05, 3.63) is 90.8 Å². The maximum absolute atomic E-state index is 13.0. The molecule has 0 aliphatic rings. The van der Waals surface area contributed by atoms with E-state index in [0.717, 1.165) is 22.0 Å². The number of carbonyl (C=O) groups excluding carboxylic acids is 1. The van der Waals surface area contributed by atoms with Crippen LogP contribution in [0.25, 0.3) is 27.7 Å². The maximum atomic E-state index is 13.0. The first-order chi connectivity index (χ1) is 15.1. The third-order valence-electron chi connectivity index (χ3n) is 5.24. The van der Waals surface area contributed by atoms with Gasteiger partial charge in [0.2, 0.25) is 0 Å². The van der Waals surface area contributed by atoms with Gasteiger partial charge in [-0.3, -0.25) is 14.2 Å². The molecule has 0 unspecified atom stereocenters. The molecule has 31 heavy (non-hydrogen) atoms. The summed E-state index contributed by atoms with van der Waals surface area (Å²) in [5.74, 6) is -0.254. The number of nitrogens with zero attached hydrogens (tertiary/aromatic N) is 6. The lowest BCUT2D eigenvalue weighted by molar-refractivity contribution is 0.0988. The van der Waals surface area contributed by atoms with Crippen molar-refractivity contribution in [3.8, 4) is 17.3 Å². The van der Waals surface area contributed by atoms with Crippen molar-refractivity contribution >= 4 is 28.0 Å². The van der Waals surface area contributed by atoms with Gasteiger partial charge in [-0.25, -0.2) is 9.97 Å². The molecule has 0 atom stereocenters. The van der Waals surface area contributed by atoms with E-state index in [1.54, 1.807) is 56.1 Å². The van der Waals surface area contributed by atoms with Crippen LogP contribution in [0.3, 0.4) is 0 Å². The lowest BCUT2D eigenvalue weighted by Crippen LogP contribution is -2.27. The fraction of sp³-hybridized carbons (Fsp3) is 0.0417. The molecule has 5 aromatic rings. The van der Waals surface area contributed by atoms with E-state index in [4.69, 9.17) is 5.26 Å². The van der Waals surface area contributed by atoms with Gasteiger partial charge in [0.15, 0.2) is 5.65 Å². The lowest BCUT2D eigenvalue weighted by atomic mass is 10.1. The van der Waals surface area contributed by atoms with Crippen molar-refractivity contribution in [2.24, 2.45) is 0 Å². The molecule has 0 spiro atoms. The third-order valence-corrected chi connectivity index (χ3v) is 5.24. The van der Waals surface area contributed by atoms with Crippen molar-refractivity contribution < 1.29 is 4.79 Å². The van der Waals surface area contributed by atoms with Crippen LogP contribution in [0.2, 0.25) is 0 Å². The highest BCUT2D eigenvalue weighted by molar-refractivity contribution is 6.04. The third kappa shape index (κ3) is 3.26. The molecule has 3 aromatic heterocycles. The van der Waals surface area contributed by atoms with Crippen molar-refractivity contribution in [2.45, 2.75) is 0 Å². The summed E-state index contributed by atoms with van der Waals surface area (Å²) < 4.78 is 1.87. The van der Waals surface area contributed by atoms with E-state index in [0.29, 0.717) is 22.6 Å². The molecule has 1 amide bonds. The number of hydrogen-bond donors (Lipinski definition) is 0. The Morgan fingerprint density at radius 3 is 2.65 bits per heavy atom. The van der Waals surface area contributed by atoms with Crippen molar-refractivity contribution in [3.63, 3.8) is 0 Å². The number of amides is 1. The number of benzene rings is 2. The molecular formula is C24H16N6O. The molecule has 0 aliphatic carbocycles. The summed E-state index contributed by atoms with van der Waals surface area (Å²) in [6, 6.07) is 17.0. The number of anilines is 1. The van der Waals surface area contributed by atoms with Crippen LogP contribution >= 0.6 is 0 Å². The second-order valence-electron chi connectivity index (χ2n) is 7.10. The van der Waals surface area contributed by atoms with Crippen LogP contribution in [0.5, 0.6) is 0 Å². The van der Waals surface area contributed by atoms with Gasteiger partial charge in [-0.1, -0.05) is 12.1 Å². The molecule has 5 rings (SSSR count). The van der Waals surface area contributed by atoms with Gasteiger partial charge >= 0.3 is 0 Å². The molecule has 7 heteroatoms. The summed E-state index contributed by atoms with van der Waals surface area (Å²) in [6.45, 7) is 0. The minimum absolute atomic E-state index is 0.254. The van der Waals surface area contributed by atoms with Gasteiger partial charge in [0, 0.05) is 42.3 Å². The first kappa shape index (κ1) is 18.5. The highest BCUT2D eigenvalue weighted by Crippen LogP contribution is 2.25. The van der Waals surface area contributed by atoms with Gasteiger partial charge in [0.25, 0.3) is 5.91 Å². The summed E-state index contributed by atoms with van der Waals surface area (Å²) in [5, 5.41) is 11.1. The predicted octanol–water partition coefficient (Wildman–Crippen LogP) is 4.09. The van der Waals surface area contributed by atoms with Gasteiger partial charge in [-0.05, 0) is 41.8 Å². The Labute approximate surface area is 177 Å². The van der Waals surface area contributed by atoms with Crippen molar-refractivity contribution in [1.29, 1.82) is 5.26 Å². The standard InChI is InChI=1S/C24H16N6O/c1-29(20-6-2-16(11-25)3-7-20)24(31)21-15-30-22(13-28-23(30)14-27-21)18-4-5-19-12-26-9-8-17(19)10-18/h2-10,12-15H,1H3. The van der Waals surface area contributed by atoms with Gasteiger partial charge in [0.1, 0.15) is 5.69 Å². The number of carbonyl (C=O) groups is 1.